The average Bonchev–Trinajstić information content (AvgIpc) is 2.90. The molecule has 0 saturated heterocycles. The predicted molar refractivity (Wildman–Crippen MR) is 86.9 cm³/mol. The summed E-state index contributed by atoms with van der Waals surface area (Å²) in [7, 11) is 0. The summed E-state index contributed by atoms with van der Waals surface area (Å²) in [5.41, 5.74) is 4.27. The van der Waals surface area contributed by atoms with E-state index in [2.05, 4.69) is 32.2 Å². The van der Waals surface area contributed by atoms with E-state index in [1.54, 1.807) is 12.1 Å². The first kappa shape index (κ1) is 13.9. The summed E-state index contributed by atoms with van der Waals surface area (Å²) in [6.07, 6.45) is 0. The minimum atomic E-state index is 0.628. The van der Waals surface area contributed by atoms with Crippen LogP contribution in [0.4, 0.5) is 0 Å². The zero-order chi connectivity index (χ0) is 14.8. The number of hydrogen-bond acceptors (Lipinski definition) is 2. The zero-order valence-electron chi connectivity index (χ0n) is 10.8. The maximum absolute atomic E-state index is 8.84. The number of benzene rings is 2. The fourth-order valence-electron chi connectivity index (χ4n) is 2.03. The molecule has 21 heavy (non-hydrogen) atoms. The quantitative estimate of drug-likeness (QED) is 0.698. The van der Waals surface area contributed by atoms with Crippen molar-refractivity contribution in [3.05, 3.63) is 63.6 Å². The number of rotatable bonds is 2. The lowest BCUT2D eigenvalue weighted by molar-refractivity contribution is 1.10. The van der Waals surface area contributed by atoms with E-state index in [0.29, 0.717) is 10.6 Å². The van der Waals surface area contributed by atoms with Gasteiger partial charge >= 0.3 is 0 Å². The third-order valence-electron chi connectivity index (χ3n) is 3.13. The number of aromatic amines is 1. The van der Waals surface area contributed by atoms with Crippen molar-refractivity contribution in [2.24, 2.45) is 0 Å². The number of nitrogens with one attached hydrogen (secondary N) is 1. The molecule has 0 aliphatic carbocycles. The van der Waals surface area contributed by atoms with Gasteiger partial charge in [-0.25, -0.2) is 0 Å². The highest BCUT2D eigenvalue weighted by Gasteiger charge is 2.13. The van der Waals surface area contributed by atoms with Crippen LogP contribution in [0.1, 0.15) is 5.56 Å². The fraction of sp³-hybridized carbons (Fsp3) is 0. The molecular formula is C16H9BrClN3. The largest absolute Gasteiger partial charge is 0.276 e. The Labute approximate surface area is 135 Å². The summed E-state index contributed by atoms with van der Waals surface area (Å²) in [5, 5.41) is 16.9. The first-order valence-electron chi connectivity index (χ1n) is 6.19. The molecule has 0 fully saturated rings. The van der Waals surface area contributed by atoms with Crippen LogP contribution in [0.2, 0.25) is 5.02 Å². The second-order valence-electron chi connectivity index (χ2n) is 4.46. The molecular weight excluding hydrogens is 350 g/mol. The summed E-state index contributed by atoms with van der Waals surface area (Å²) in [6, 6.07) is 17.0. The number of H-pyrrole nitrogens is 1. The Balaban J connectivity index is 2.02. The monoisotopic (exact) mass is 357 g/mol. The molecule has 1 heterocycles. The Bertz CT molecular complexity index is 814. The highest BCUT2D eigenvalue weighted by atomic mass is 79.9. The van der Waals surface area contributed by atoms with Gasteiger partial charge in [-0.05, 0) is 40.2 Å². The average molecular weight is 359 g/mol. The highest BCUT2D eigenvalue weighted by molar-refractivity contribution is 9.10. The Morgan fingerprint density at radius 2 is 1.62 bits per heavy atom. The molecule has 1 N–H and O–H groups in total. The van der Waals surface area contributed by atoms with Crippen LogP contribution in [0.15, 0.2) is 53.0 Å². The van der Waals surface area contributed by atoms with Crippen molar-refractivity contribution in [2.45, 2.75) is 0 Å². The molecule has 5 heteroatoms. The van der Waals surface area contributed by atoms with Crippen LogP contribution in [-0.2, 0) is 0 Å². The van der Waals surface area contributed by atoms with Gasteiger partial charge in [-0.2, -0.15) is 10.4 Å². The number of halogens is 2. The van der Waals surface area contributed by atoms with Gasteiger partial charge in [0.05, 0.1) is 21.8 Å². The SMILES string of the molecule is N#Cc1ccc(-c2n[nH]c(-c3ccc(Cl)cc3)c2Br)cc1. The van der Waals surface area contributed by atoms with E-state index in [1.807, 2.05) is 36.4 Å². The molecule has 0 saturated carbocycles. The van der Waals surface area contributed by atoms with Crippen LogP contribution in [0, 0.1) is 11.3 Å². The Hall–Kier alpha value is -2.09. The van der Waals surface area contributed by atoms with Crippen molar-refractivity contribution in [3.63, 3.8) is 0 Å². The molecule has 0 bridgehead atoms. The summed E-state index contributed by atoms with van der Waals surface area (Å²) >= 11 is 9.49. The Kier molecular flexibility index (Phi) is 3.78. The maximum atomic E-state index is 8.84. The van der Waals surface area contributed by atoms with Crippen LogP contribution in [0.5, 0.6) is 0 Å². The summed E-state index contributed by atoms with van der Waals surface area (Å²) < 4.78 is 0.884. The first-order valence-corrected chi connectivity index (χ1v) is 7.36. The number of nitriles is 1. The van der Waals surface area contributed by atoms with E-state index in [4.69, 9.17) is 16.9 Å². The minimum absolute atomic E-state index is 0.628. The standard InChI is InChI=1S/C16H9BrClN3/c17-14-15(11-3-1-10(9-19)2-4-11)20-21-16(14)12-5-7-13(18)8-6-12/h1-8H,(H,20,21). The Morgan fingerprint density at radius 3 is 2.24 bits per heavy atom. The molecule has 0 spiro atoms. The molecule has 102 valence electrons. The van der Waals surface area contributed by atoms with Gasteiger partial charge in [0.15, 0.2) is 0 Å². The number of nitrogens with zero attached hydrogens (tertiary/aromatic N) is 2. The smallest absolute Gasteiger partial charge is 0.107 e. The van der Waals surface area contributed by atoms with E-state index in [9.17, 15) is 0 Å². The molecule has 3 nitrogen and oxygen atoms in total. The van der Waals surface area contributed by atoms with Crippen molar-refractivity contribution < 1.29 is 0 Å². The highest BCUT2D eigenvalue weighted by Crippen LogP contribution is 2.34. The van der Waals surface area contributed by atoms with Crippen molar-refractivity contribution in [3.8, 4) is 28.6 Å². The third-order valence-corrected chi connectivity index (χ3v) is 4.15. The van der Waals surface area contributed by atoms with Gasteiger partial charge in [0.2, 0.25) is 0 Å². The van der Waals surface area contributed by atoms with Crippen LogP contribution >= 0.6 is 27.5 Å². The lowest BCUT2D eigenvalue weighted by Crippen LogP contribution is -1.80. The van der Waals surface area contributed by atoms with Gasteiger partial charge < -0.3 is 0 Å². The number of aromatic nitrogens is 2. The topological polar surface area (TPSA) is 52.5 Å². The molecule has 0 unspecified atom stereocenters. The molecule has 0 radical (unpaired) electrons. The molecule has 2 aromatic carbocycles. The second-order valence-corrected chi connectivity index (χ2v) is 5.69. The zero-order valence-corrected chi connectivity index (χ0v) is 13.1. The first-order chi connectivity index (χ1) is 10.2. The minimum Gasteiger partial charge on any atom is -0.276 e. The van der Waals surface area contributed by atoms with Gasteiger partial charge in [0, 0.05) is 16.1 Å². The summed E-state index contributed by atoms with van der Waals surface area (Å²) in [4.78, 5) is 0. The van der Waals surface area contributed by atoms with E-state index in [0.717, 1.165) is 27.0 Å². The van der Waals surface area contributed by atoms with Gasteiger partial charge in [0.25, 0.3) is 0 Å². The lowest BCUT2D eigenvalue weighted by atomic mass is 10.1. The van der Waals surface area contributed by atoms with E-state index >= 15 is 0 Å². The summed E-state index contributed by atoms with van der Waals surface area (Å²) in [5.74, 6) is 0. The molecule has 1 aromatic heterocycles. The van der Waals surface area contributed by atoms with Gasteiger partial charge in [0.1, 0.15) is 5.69 Å². The molecule has 3 aromatic rings. The normalized spacial score (nSPS) is 10.3. The molecule has 0 aliphatic heterocycles. The predicted octanol–water partition coefficient (Wildman–Crippen LogP) is 5.03. The maximum Gasteiger partial charge on any atom is 0.107 e. The van der Waals surface area contributed by atoms with Gasteiger partial charge in [-0.15, -0.1) is 0 Å². The van der Waals surface area contributed by atoms with Gasteiger partial charge in [-0.3, -0.25) is 5.10 Å². The Morgan fingerprint density at radius 1 is 1.00 bits per heavy atom. The van der Waals surface area contributed by atoms with E-state index in [1.165, 1.54) is 0 Å². The molecule has 3 rings (SSSR count). The van der Waals surface area contributed by atoms with Crippen molar-refractivity contribution in [1.29, 1.82) is 5.26 Å². The molecule has 0 atom stereocenters. The van der Waals surface area contributed by atoms with E-state index in [-0.39, 0.29) is 0 Å². The van der Waals surface area contributed by atoms with Gasteiger partial charge in [-0.1, -0.05) is 35.9 Å². The van der Waals surface area contributed by atoms with Crippen molar-refractivity contribution in [1.82, 2.24) is 10.2 Å². The van der Waals surface area contributed by atoms with Crippen molar-refractivity contribution in [2.75, 3.05) is 0 Å². The van der Waals surface area contributed by atoms with Crippen LogP contribution in [0.25, 0.3) is 22.5 Å². The third kappa shape index (κ3) is 2.71. The van der Waals surface area contributed by atoms with Crippen molar-refractivity contribution >= 4 is 27.5 Å². The van der Waals surface area contributed by atoms with E-state index < -0.39 is 0 Å². The van der Waals surface area contributed by atoms with Crippen LogP contribution < -0.4 is 0 Å². The number of hydrogen-bond donors (Lipinski definition) is 1. The second kappa shape index (κ2) is 5.72. The molecule has 0 amide bonds. The van der Waals surface area contributed by atoms with Crippen LogP contribution in [0.3, 0.4) is 0 Å². The fourth-order valence-corrected chi connectivity index (χ4v) is 2.79. The lowest BCUT2D eigenvalue weighted by Gasteiger charge is -2.00. The van der Waals surface area contributed by atoms with Crippen LogP contribution in [-0.4, -0.2) is 10.2 Å². The summed E-state index contributed by atoms with van der Waals surface area (Å²) in [6.45, 7) is 0. The molecule has 0 aliphatic rings.